The lowest BCUT2D eigenvalue weighted by Crippen LogP contribution is -2.45. The van der Waals surface area contributed by atoms with Crippen LogP contribution in [0.5, 0.6) is 5.75 Å². The number of amides is 2. The molecule has 2 aromatic carbocycles. The first-order valence-electron chi connectivity index (χ1n) is 9.58. The second kappa shape index (κ2) is 9.47. The number of nitrogens with zero attached hydrogens (tertiary/aromatic N) is 1. The number of carbonyl (C=O) groups excluding carboxylic acids is 3. The summed E-state index contributed by atoms with van der Waals surface area (Å²) in [5.74, 6) is -2.35. The van der Waals surface area contributed by atoms with Crippen LogP contribution in [0, 0.1) is 17.6 Å². The molecule has 6 nitrogen and oxygen atoms in total. The summed E-state index contributed by atoms with van der Waals surface area (Å²) in [6.07, 6.45) is 1.05. The largest absolute Gasteiger partial charge is 0.497 e. The number of nitrogens with one attached hydrogen (secondary N) is 1. The molecule has 0 aromatic heterocycles. The van der Waals surface area contributed by atoms with Crippen molar-refractivity contribution in [1.82, 2.24) is 10.2 Å². The van der Waals surface area contributed by atoms with E-state index in [0.29, 0.717) is 43.3 Å². The van der Waals surface area contributed by atoms with E-state index in [4.69, 9.17) is 4.74 Å². The Hall–Kier alpha value is -3.29. The molecule has 0 saturated carbocycles. The first kappa shape index (κ1) is 21.4. The van der Waals surface area contributed by atoms with Crippen molar-refractivity contribution in [2.75, 3.05) is 26.7 Å². The monoisotopic (exact) mass is 416 g/mol. The summed E-state index contributed by atoms with van der Waals surface area (Å²) < 4.78 is 31.7. The van der Waals surface area contributed by atoms with Crippen molar-refractivity contribution in [2.45, 2.75) is 12.8 Å². The summed E-state index contributed by atoms with van der Waals surface area (Å²) in [6.45, 7) is 0.491. The van der Waals surface area contributed by atoms with Crippen molar-refractivity contribution < 1.29 is 27.9 Å². The Morgan fingerprint density at radius 2 is 1.73 bits per heavy atom. The smallest absolute Gasteiger partial charge is 0.254 e. The minimum absolute atomic E-state index is 0.0323. The van der Waals surface area contributed by atoms with E-state index in [1.807, 2.05) is 0 Å². The number of ketones is 1. The van der Waals surface area contributed by atoms with Gasteiger partial charge in [-0.1, -0.05) is 0 Å². The van der Waals surface area contributed by atoms with Gasteiger partial charge in [-0.3, -0.25) is 14.4 Å². The Labute approximate surface area is 172 Å². The number of likely N-dealkylation sites (tertiary alicyclic amines) is 1. The lowest BCUT2D eigenvalue weighted by molar-refractivity contribution is -0.131. The van der Waals surface area contributed by atoms with Crippen molar-refractivity contribution in [3.63, 3.8) is 0 Å². The molecule has 0 aliphatic carbocycles. The highest BCUT2D eigenvalue weighted by Gasteiger charge is 2.28. The molecule has 0 bridgehead atoms. The van der Waals surface area contributed by atoms with Crippen LogP contribution in [0.25, 0.3) is 0 Å². The molecule has 0 radical (unpaired) electrons. The molecule has 0 atom stereocenters. The molecule has 1 heterocycles. The van der Waals surface area contributed by atoms with Crippen molar-refractivity contribution in [1.29, 1.82) is 0 Å². The number of ether oxygens (including phenoxy) is 1. The van der Waals surface area contributed by atoms with Gasteiger partial charge >= 0.3 is 0 Å². The van der Waals surface area contributed by atoms with Crippen molar-refractivity contribution in [2.24, 2.45) is 5.92 Å². The minimum Gasteiger partial charge on any atom is -0.497 e. The normalized spacial score (nSPS) is 14.3. The maximum Gasteiger partial charge on any atom is 0.254 e. The molecular formula is C22H22F2N2O4. The predicted octanol–water partition coefficient (Wildman–Crippen LogP) is 2.82. The summed E-state index contributed by atoms with van der Waals surface area (Å²) in [6, 6.07) is 9.54. The molecule has 2 aromatic rings. The van der Waals surface area contributed by atoms with E-state index < -0.39 is 17.5 Å². The number of Topliss-reactive ketones (excluding diaryl/α,β-unsaturated/α-hetero) is 1. The van der Waals surface area contributed by atoms with Gasteiger partial charge < -0.3 is 15.0 Å². The second-order valence-electron chi connectivity index (χ2n) is 7.05. The zero-order valence-corrected chi connectivity index (χ0v) is 16.5. The Balaban J connectivity index is 1.48. The fraction of sp³-hybridized carbons (Fsp3) is 0.318. The lowest BCUT2D eigenvalue weighted by Gasteiger charge is -2.31. The zero-order chi connectivity index (χ0) is 21.7. The van der Waals surface area contributed by atoms with Gasteiger partial charge in [0.1, 0.15) is 17.4 Å². The van der Waals surface area contributed by atoms with E-state index in [1.54, 1.807) is 36.3 Å². The van der Waals surface area contributed by atoms with Gasteiger partial charge in [0.05, 0.1) is 19.2 Å². The molecule has 158 valence electrons. The number of methoxy groups -OCH3 is 1. The summed E-state index contributed by atoms with van der Waals surface area (Å²) in [4.78, 5) is 38.6. The van der Waals surface area contributed by atoms with Crippen LogP contribution in [-0.2, 0) is 4.79 Å². The van der Waals surface area contributed by atoms with E-state index >= 15 is 0 Å². The molecule has 30 heavy (non-hydrogen) atoms. The molecule has 8 heteroatoms. The summed E-state index contributed by atoms with van der Waals surface area (Å²) >= 11 is 0. The van der Waals surface area contributed by atoms with Gasteiger partial charge in [0.25, 0.3) is 5.91 Å². The highest BCUT2D eigenvalue weighted by molar-refractivity contribution is 5.98. The molecule has 1 aliphatic heterocycles. The summed E-state index contributed by atoms with van der Waals surface area (Å²) in [7, 11) is 1.56. The molecule has 0 unspecified atom stereocenters. The van der Waals surface area contributed by atoms with Crippen LogP contribution in [0.3, 0.4) is 0 Å². The maximum atomic E-state index is 13.6. The van der Waals surface area contributed by atoms with E-state index in [2.05, 4.69) is 5.32 Å². The van der Waals surface area contributed by atoms with Crippen LogP contribution in [0.1, 0.15) is 33.6 Å². The van der Waals surface area contributed by atoms with Gasteiger partial charge in [-0.05, 0) is 49.2 Å². The van der Waals surface area contributed by atoms with Gasteiger partial charge in [0, 0.05) is 30.6 Å². The third-order valence-corrected chi connectivity index (χ3v) is 5.17. The first-order valence-corrected chi connectivity index (χ1v) is 9.58. The Morgan fingerprint density at radius 3 is 2.33 bits per heavy atom. The number of rotatable bonds is 6. The highest BCUT2D eigenvalue weighted by Crippen LogP contribution is 2.23. The molecule has 1 saturated heterocycles. The molecule has 2 amide bonds. The molecule has 0 spiro atoms. The van der Waals surface area contributed by atoms with Crippen LogP contribution >= 0.6 is 0 Å². The molecular weight excluding hydrogens is 394 g/mol. The number of halogens is 2. The second-order valence-corrected chi connectivity index (χ2v) is 7.05. The molecule has 1 N–H and O–H groups in total. The minimum atomic E-state index is -0.988. The van der Waals surface area contributed by atoms with Gasteiger partial charge in [-0.2, -0.15) is 0 Å². The molecule has 1 fully saturated rings. The fourth-order valence-corrected chi connectivity index (χ4v) is 3.42. The standard InChI is InChI=1S/C22H22F2N2O4/c1-30-17-5-2-14(3-6-17)21(28)15-8-10-26(11-9-15)20(27)13-25-22(29)18-7-4-16(23)12-19(18)24/h2-7,12,15H,8-11,13H2,1H3,(H,25,29). The first-order chi connectivity index (χ1) is 14.4. The third-order valence-electron chi connectivity index (χ3n) is 5.17. The van der Waals surface area contributed by atoms with Crippen LogP contribution in [-0.4, -0.2) is 49.2 Å². The third kappa shape index (κ3) is 5.00. The lowest BCUT2D eigenvalue weighted by atomic mass is 9.89. The SMILES string of the molecule is COc1ccc(C(=O)C2CCN(C(=O)CNC(=O)c3ccc(F)cc3F)CC2)cc1. The molecule has 3 rings (SSSR count). The maximum absolute atomic E-state index is 13.6. The van der Waals surface area contributed by atoms with Crippen molar-refractivity contribution in [3.8, 4) is 5.75 Å². The van der Waals surface area contributed by atoms with Crippen molar-refractivity contribution >= 4 is 17.6 Å². The Morgan fingerprint density at radius 1 is 1.07 bits per heavy atom. The van der Waals surface area contributed by atoms with E-state index in [0.717, 1.165) is 12.1 Å². The Kier molecular flexibility index (Phi) is 6.76. The zero-order valence-electron chi connectivity index (χ0n) is 16.5. The average Bonchev–Trinajstić information content (AvgIpc) is 2.77. The summed E-state index contributed by atoms with van der Waals surface area (Å²) in [5, 5.41) is 2.36. The highest BCUT2D eigenvalue weighted by atomic mass is 19.1. The van der Waals surface area contributed by atoms with Crippen LogP contribution < -0.4 is 10.1 Å². The average molecular weight is 416 g/mol. The number of hydrogen-bond acceptors (Lipinski definition) is 4. The predicted molar refractivity (Wildman–Crippen MR) is 105 cm³/mol. The molecule has 1 aliphatic rings. The van der Waals surface area contributed by atoms with E-state index in [-0.39, 0.29) is 29.7 Å². The summed E-state index contributed by atoms with van der Waals surface area (Å²) in [5.41, 5.74) is 0.280. The quantitative estimate of drug-likeness (QED) is 0.735. The Bertz CT molecular complexity index is 939. The van der Waals surface area contributed by atoms with Gasteiger partial charge in [-0.15, -0.1) is 0 Å². The number of piperidine rings is 1. The van der Waals surface area contributed by atoms with Gasteiger partial charge in [0.15, 0.2) is 5.78 Å². The van der Waals surface area contributed by atoms with Gasteiger partial charge in [0.2, 0.25) is 5.91 Å². The van der Waals surface area contributed by atoms with Crippen LogP contribution in [0.4, 0.5) is 8.78 Å². The fourth-order valence-electron chi connectivity index (χ4n) is 3.42. The number of carbonyl (C=O) groups is 3. The number of hydrogen-bond donors (Lipinski definition) is 1. The topological polar surface area (TPSA) is 75.7 Å². The van der Waals surface area contributed by atoms with Crippen LogP contribution in [0.2, 0.25) is 0 Å². The van der Waals surface area contributed by atoms with E-state index in [9.17, 15) is 23.2 Å². The van der Waals surface area contributed by atoms with Gasteiger partial charge in [-0.25, -0.2) is 8.78 Å². The number of benzene rings is 2. The van der Waals surface area contributed by atoms with Crippen molar-refractivity contribution in [3.05, 3.63) is 65.2 Å². The van der Waals surface area contributed by atoms with Crippen LogP contribution in [0.15, 0.2) is 42.5 Å². The van der Waals surface area contributed by atoms with E-state index in [1.165, 1.54) is 0 Å².